The molecule has 1 atom stereocenters. The monoisotopic (exact) mass is 266 g/mol. The SMILES string of the molecule is CC1(C)[S][Sn]2[NH]C1C(=O)[O]2. The number of hydrogen-bond acceptors (Lipinski definition) is 4. The first-order chi connectivity index (χ1) is 4.59. The van der Waals surface area contributed by atoms with Crippen LogP contribution in [0.3, 0.4) is 0 Å². The fourth-order valence-corrected chi connectivity index (χ4v) is 12.7. The van der Waals surface area contributed by atoms with Crippen LogP contribution in [0, 0.1) is 0 Å². The predicted octanol–water partition coefficient (Wildman–Crippen LogP) is 0.0117. The number of nitrogens with one attached hydrogen (secondary N) is 1. The Hall–Kier alpha value is 0.579. The Labute approximate surface area is 70.0 Å². The number of carbonyl (C=O) groups is 1. The van der Waals surface area contributed by atoms with Gasteiger partial charge in [0, 0.05) is 0 Å². The van der Waals surface area contributed by atoms with Crippen LogP contribution in [0.5, 0.6) is 0 Å². The van der Waals surface area contributed by atoms with E-state index < -0.39 is 19.1 Å². The standard InChI is InChI=1S/C5H10NO2S.Sn/c1-5(2,9)3(6)4(7)8;/h3,6,9H,1-2H3,(H,7,8);/q-1;+3/p-2. The summed E-state index contributed by atoms with van der Waals surface area (Å²) in [5, 5.41) is 0. The van der Waals surface area contributed by atoms with Crippen LogP contribution >= 0.6 is 8.95 Å². The van der Waals surface area contributed by atoms with Gasteiger partial charge in [0.25, 0.3) is 0 Å². The normalized spacial score (nSPS) is 36.6. The molecule has 1 radical (unpaired) electrons. The van der Waals surface area contributed by atoms with Crippen LogP contribution in [0.4, 0.5) is 0 Å². The predicted molar refractivity (Wildman–Crippen MR) is 40.4 cm³/mol. The Morgan fingerprint density at radius 2 is 2.50 bits per heavy atom. The van der Waals surface area contributed by atoms with Crippen LogP contribution in [0.1, 0.15) is 13.8 Å². The zero-order valence-electron chi connectivity index (χ0n) is 5.80. The summed E-state index contributed by atoms with van der Waals surface area (Å²) >= 11 is -1.88. The molecule has 1 N–H and O–H groups in total. The first-order valence-electron chi connectivity index (χ1n) is 3.14. The molecule has 0 amide bonds. The Bertz CT molecular complexity index is 196. The zero-order chi connectivity index (χ0) is 7.35. The first-order valence-corrected chi connectivity index (χ1v) is 10.0. The number of carbonyl (C=O) groups excluding carboxylic acids is 1. The van der Waals surface area contributed by atoms with Gasteiger partial charge in [0.05, 0.1) is 0 Å². The van der Waals surface area contributed by atoms with Crippen LogP contribution < -0.4 is 3.54 Å². The average molecular weight is 265 g/mol. The van der Waals surface area contributed by atoms with Gasteiger partial charge in [-0.15, -0.1) is 0 Å². The van der Waals surface area contributed by atoms with Crippen LogP contribution in [0.2, 0.25) is 0 Å². The third-order valence-corrected chi connectivity index (χ3v) is 12.7. The van der Waals surface area contributed by atoms with E-state index in [0.29, 0.717) is 0 Å². The Kier molecular flexibility index (Phi) is 1.48. The molecular weight excluding hydrogens is 257 g/mol. The van der Waals surface area contributed by atoms with E-state index >= 15 is 0 Å². The fourth-order valence-electron chi connectivity index (χ4n) is 1.16. The second-order valence-corrected chi connectivity index (χ2v) is 11.5. The van der Waals surface area contributed by atoms with Crippen LogP contribution in [-0.2, 0) is 7.87 Å². The number of fused-ring (bicyclic) bond motifs is 2. The van der Waals surface area contributed by atoms with Crippen molar-refractivity contribution in [1.82, 2.24) is 3.54 Å². The minimum absolute atomic E-state index is 0.00750. The van der Waals surface area contributed by atoms with Crippen molar-refractivity contribution in [2.75, 3.05) is 0 Å². The summed E-state index contributed by atoms with van der Waals surface area (Å²) in [4.78, 5) is 11.0. The van der Waals surface area contributed by atoms with Gasteiger partial charge in [0.2, 0.25) is 0 Å². The molecule has 0 aromatic heterocycles. The molecule has 2 heterocycles. The topological polar surface area (TPSA) is 38.3 Å². The van der Waals surface area contributed by atoms with Gasteiger partial charge in [-0.3, -0.25) is 0 Å². The van der Waals surface area contributed by atoms with Crippen molar-refractivity contribution in [3.05, 3.63) is 0 Å². The molecule has 0 aromatic carbocycles. The molecule has 3 nitrogen and oxygen atoms in total. The second kappa shape index (κ2) is 2.04. The molecule has 0 spiro atoms. The number of hydrogen-bond donors (Lipinski definition) is 1. The van der Waals surface area contributed by atoms with Crippen molar-refractivity contribution in [2.24, 2.45) is 0 Å². The summed E-state index contributed by atoms with van der Waals surface area (Å²) in [5.74, 6) is -0.0156. The maximum atomic E-state index is 11.0. The molecule has 2 aliphatic rings. The molecule has 5 heteroatoms. The van der Waals surface area contributed by atoms with E-state index in [-0.39, 0.29) is 16.8 Å². The van der Waals surface area contributed by atoms with Crippen molar-refractivity contribution in [1.29, 1.82) is 0 Å². The first kappa shape index (κ1) is 7.24. The van der Waals surface area contributed by atoms with E-state index in [1.807, 2.05) is 8.95 Å². The van der Waals surface area contributed by atoms with Crippen LogP contribution in [0.25, 0.3) is 0 Å². The van der Waals surface area contributed by atoms with Gasteiger partial charge in [-0.2, -0.15) is 0 Å². The van der Waals surface area contributed by atoms with Gasteiger partial charge in [0.15, 0.2) is 0 Å². The molecule has 1 unspecified atom stereocenters. The summed E-state index contributed by atoms with van der Waals surface area (Å²) in [5.41, 5.74) is 0. The van der Waals surface area contributed by atoms with Gasteiger partial charge < -0.3 is 0 Å². The molecule has 2 saturated heterocycles. The minimum atomic E-state index is -1.88. The van der Waals surface area contributed by atoms with Crippen molar-refractivity contribution >= 4 is 34.0 Å². The van der Waals surface area contributed by atoms with Crippen LogP contribution in [0.15, 0.2) is 0 Å². The van der Waals surface area contributed by atoms with Gasteiger partial charge in [-0.05, 0) is 0 Å². The fraction of sp³-hybridized carbons (Fsp3) is 0.800. The summed E-state index contributed by atoms with van der Waals surface area (Å²) in [6.07, 6.45) is 0. The van der Waals surface area contributed by atoms with E-state index in [0.717, 1.165) is 0 Å². The van der Waals surface area contributed by atoms with Gasteiger partial charge in [-0.25, -0.2) is 0 Å². The second-order valence-electron chi connectivity index (χ2n) is 2.99. The quantitative estimate of drug-likeness (QED) is 0.626. The van der Waals surface area contributed by atoms with E-state index in [2.05, 4.69) is 17.4 Å². The van der Waals surface area contributed by atoms with E-state index in [4.69, 9.17) is 3.07 Å². The Morgan fingerprint density at radius 1 is 1.80 bits per heavy atom. The summed E-state index contributed by atoms with van der Waals surface area (Å²) < 4.78 is 8.46. The molecule has 2 rings (SSSR count). The third kappa shape index (κ3) is 0.886. The molecule has 0 aromatic rings. The third-order valence-electron chi connectivity index (χ3n) is 1.74. The Morgan fingerprint density at radius 3 is 2.80 bits per heavy atom. The summed E-state index contributed by atoms with van der Waals surface area (Å²) in [7, 11) is 1.86. The van der Waals surface area contributed by atoms with Crippen molar-refractivity contribution in [3.8, 4) is 0 Å². The van der Waals surface area contributed by atoms with E-state index in [1.165, 1.54) is 0 Å². The van der Waals surface area contributed by atoms with Crippen LogP contribution in [-0.4, -0.2) is 35.8 Å². The molecule has 2 fully saturated rings. The average Bonchev–Trinajstić information content (AvgIpc) is 2.18. The molecular formula is C5H8NO2SSn. The zero-order valence-corrected chi connectivity index (χ0v) is 9.47. The molecule has 55 valence electrons. The summed E-state index contributed by atoms with van der Waals surface area (Å²) in [6, 6.07) is -0.00750. The molecule has 2 bridgehead atoms. The summed E-state index contributed by atoms with van der Waals surface area (Å²) in [6.45, 7) is 4.20. The molecule has 10 heavy (non-hydrogen) atoms. The molecule has 0 aliphatic carbocycles. The number of rotatable bonds is 0. The van der Waals surface area contributed by atoms with Crippen molar-refractivity contribution < 1.29 is 7.87 Å². The van der Waals surface area contributed by atoms with E-state index in [1.54, 1.807) is 0 Å². The Balaban J connectivity index is 2.28. The molecule has 2 aliphatic heterocycles. The van der Waals surface area contributed by atoms with Gasteiger partial charge in [0.1, 0.15) is 0 Å². The van der Waals surface area contributed by atoms with Crippen molar-refractivity contribution in [2.45, 2.75) is 24.6 Å². The van der Waals surface area contributed by atoms with Crippen molar-refractivity contribution in [3.63, 3.8) is 0 Å². The van der Waals surface area contributed by atoms with Gasteiger partial charge >= 0.3 is 70.0 Å². The van der Waals surface area contributed by atoms with E-state index in [9.17, 15) is 4.79 Å². The maximum absolute atomic E-state index is 11.0. The van der Waals surface area contributed by atoms with Gasteiger partial charge in [-0.1, -0.05) is 0 Å². The molecule has 0 saturated carbocycles.